The van der Waals surface area contributed by atoms with E-state index in [-0.39, 0.29) is 5.82 Å². The van der Waals surface area contributed by atoms with Gasteiger partial charge >= 0.3 is 0 Å². The maximum atomic E-state index is 13.4. The van der Waals surface area contributed by atoms with E-state index in [1.54, 1.807) is 25.1 Å². The van der Waals surface area contributed by atoms with Crippen molar-refractivity contribution in [1.82, 2.24) is 0 Å². The molecule has 2 aromatic carbocycles. The zero-order chi connectivity index (χ0) is 14.0. The van der Waals surface area contributed by atoms with Gasteiger partial charge in [-0.25, -0.2) is 4.39 Å². The number of aliphatic hydroxyl groups is 1. The third kappa shape index (κ3) is 3.55. The van der Waals surface area contributed by atoms with Crippen LogP contribution in [0.3, 0.4) is 0 Å². The van der Waals surface area contributed by atoms with Crippen LogP contribution in [0.25, 0.3) is 0 Å². The molecule has 0 saturated carbocycles. The first-order chi connectivity index (χ1) is 8.87. The molecule has 1 N–H and O–H groups in total. The fourth-order valence-electron chi connectivity index (χ4n) is 2.15. The molecule has 0 bridgehead atoms. The highest BCUT2D eigenvalue weighted by molar-refractivity contribution is 6.30. The number of hydrogen-bond acceptors (Lipinski definition) is 1. The van der Waals surface area contributed by atoms with Gasteiger partial charge in [0.2, 0.25) is 0 Å². The summed E-state index contributed by atoms with van der Waals surface area (Å²) in [5.41, 5.74) is 1.23. The Morgan fingerprint density at radius 2 is 1.79 bits per heavy atom. The molecule has 3 heteroatoms. The van der Waals surface area contributed by atoms with Crippen LogP contribution in [0.5, 0.6) is 0 Å². The molecule has 0 saturated heterocycles. The molecular formula is C16H16ClFO. The summed E-state index contributed by atoms with van der Waals surface area (Å²) in [5.74, 6) is -0.327. The average Bonchev–Trinajstić information content (AvgIpc) is 2.31. The van der Waals surface area contributed by atoms with E-state index in [2.05, 4.69) is 0 Å². The van der Waals surface area contributed by atoms with Crippen LogP contribution in [0.1, 0.15) is 23.6 Å². The van der Waals surface area contributed by atoms with Crippen molar-refractivity contribution in [1.29, 1.82) is 0 Å². The molecule has 0 spiro atoms. The van der Waals surface area contributed by atoms with E-state index in [1.165, 1.54) is 12.1 Å². The van der Waals surface area contributed by atoms with Gasteiger partial charge in [-0.2, -0.15) is 0 Å². The average molecular weight is 279 g/mol. The number of hydrogen-bond donors (Lipinski definition) is 1. The monoisotopic (exact) mass is 278 g/mol. The van der Waals surface area contributed by atoms with Gasteiger partial charge in [-0.15, -0.1) is 0 Å². The van der Waals surface area contributed by atoms with Gasteiger partial charge in [0.15, 0.2) is 0 Å². The topological polar surface area (TPSA) is 20.2 Å². The molecule has 2 rings (SSSR count). The van der Waals surface area contributed by atoms with E-state index in [4.69, 9.17) is 11.6 Å². The van der Waals surface area contributed by atoms with Gasteiger partial charge in [0.05, 0.1) is 5.60 Å². The number of halogens is 2. The first-order valence-electron chi connectivity index (χ1n) is 6.11. The molecule has 0 fully saturated rings. The lowest BCUT2D eigenvalue weighted by Crippen LogP contribution is -2.24. The van der Waals surface area contributed by atoms with Gasteiger partial charge in [0.1, 0.15) is 5.82 Å². The number of benzene rings is 2. The fraction of sp³-hybridized carbons (Fsp3) is 0.250. The second-order valence-electron chi connectivity index (χ2n) is 5.09. The highest BCUT2D eigenvalue weighted by atomic mass is 35.5. The van der Waals surface area contributed by atoms with Crippen LogP contribution in [0.15, 0.2) is 42.5 Å². The summed E-state index contributed by atoms with van der Waals surface area (Å²) in [4.78, 5) is 0. The lowest BCUT2D eigenvalue weighted by Gasteiger charge is -2.24. The quantitative estimate of drug-likeness (QED) is 0.890. The van der Waals surface area contributed by atoms with E-state index < -0.39 is 5.60 Å². The van der Waals surface area contributed by atoms with Crippen LogP contribution in [-0.2, 0) is 12.0 Å². The predicted molar refractivity (Wildman–Crippen MR) is 75.9 cm³/mol. The van der Waals surface area contributed by atoms with Gasteiger partial charge < -0.3 is 5.11 Å². The Morgan fingerprint density at radius 1 is 1.16 bits per heavy atom. The molecule has 0 radical (unpaired) electrons. The van der Waals surface area contributed by atoms with Crippen LogP contribution in [0, 0.1) is 12.7 Å². The second kappa shape index (κ2) is 5.32. The maximum Gasteiger partial charge on any atom is 0.123 e. The van der Waals surface area contributed by atoms with Gasteiger partial charge in [-0.3, -0.25) is 0 Å². The summed E-state index contributed by atoms with van der Waals surface area (Å²) in [5, 5.41) is 11.2. The SMILES string of the molecule is Cc1cc(F)cc(C(C)(O)Cc2ccc(Cl)cc2)c1. The fourth-order valence-corrected chi connectivity index (χ4v) is 2.28. The van der Waals surface area contributed by atoms with Crippen molar-refractivity contribution in [3.63, 3.8) is 0 Å². The smallest absolute Gasteiger partial charge is 0.123 e. The van der Waals surface area contributed by atoms with Crippen molar-refractivity contribution in [2.45, 2.75) is 25.9 Å². The van der Waals surface area contributed by atoms with Crippen LogP contribution in [0.4, 0.5) is 4.39 Å². The molecule has 2 aromatic rings. The Balaban J connectivity index is 2.28. The van der Waals surface area contributed by atoms with Crippen LogP contribution in [-0.4, -0.2) is 5.11 Å². The zero-order valence-corrected chi connectivity index (χ0v) is 11.7. The molecule has 0 aliphatic rings. The second-order valence-corrected chi connectivity index (χ2v) is 5.53. The van der Waals surface area contributed by atoms with E-state index >= 15 is 0 Å². The van der Waals surface area contributed by atoms with Gasteiger partial charge in [0.25, 0.3) is 0 Å². The molecule has 0 amide bonds. The lowest BCUT2D eigenvalue weighted by molar-refractivity contribution is 0.0572. The van der Waals surface area contributed by atoms with Gasteiger partial charge in [-0.05, 0) is 54.8 Å². The van der Waals surface area contributed by atoms with Crippen molar-refractivity contribution in [3.8, 4) is 0 Å². The molecule has 0 heterocycles. The third-order valence-electron chi connectivity index (χ3n) is 3.13. The molecule has 1 unspecified atom stereocenters. The summed E-state index contributed by atoms with van der Waals surface area (Å²) < 4.78 is 13.4. The lowest BCUT2D eigenvalue weighted by atomic mass is 9.88. The highest BCUT2D eigenvalue weighted by Crippen LogP contribution is 2.27. The van der Waals surface area contributed by atoms with Crippen molar-refractivity contribution < 1.29 is 9.50 Å². The Kier molecular flexibility index (Phi) is 3.93. The standard InChI is InChI=1S/C16H16ClFO/c1-11-7-13(9-15(18)8-11)16(2,19)10-12-3-5-14(17)6-4-12/h3-9,19H,10H2,1-2H3. The first kappa shape index (κ1) is 14.0. The molecule has 0 aromatic heterocycles. The van der Waals surface area contributed by atoms with Gasteiger partial charge in [-0.1, -0.05) is 29.8 Å². The molecule has 100 valence electrons. The Bertz CT molecular complexity index is 556. The summed E-state index contributed by atoms with van der Waals surface area (Å²) in [7, 11) is 0. The maximum absolute atomic E-state index is 13.4. The van der Waals surface area contributed by atoms with Crippen LogP contribution in [0.2, 0.25) is 5.02 Å². The normalized spacial score (nSPS) is 14.2. The minimum atomic E-state index is -1.11. The Hall–Kier alpha value is -1.38. The summed E-state index contributed by atoms with van der Waals surface area (Å²) in [6.45, 7) is 3.50. The Labute approximate surface area is 117 Å². The van der Waals surface area contributed by atoms with Crippen LogP contribution < -0.4 is 0 Å². The Morgan fingerprint density at radius 3 is 2.37 bits per heavy atom. The summed E-state index contributed by atoms with van der Waals surface area (Å²) in [6, 6.07) is 11.9. The van der Waals surface area contributed by atoms with Crippen molar-refractivity contribution >= 4 is 11.6 Å². The molecule has 0 aliphatic heterocycles. The highest BCUT2D eigenvalue weighted by Gasteiger charge is 2.24. The zero-order valence-electron chi connectivity index (χ0n) is 11.0. The van der Waals surface area contributed by atoms with Gasteiger partial charge in [0, 0.05) is 11.4 Å². The summed E-state index contributed by atoms with van der Waals surface area (Å²) in [6.07, 6.45) is 0.410. The first-order valence-corrected chi connectivity index (χ1v) is 6.49. The third-order valence-corrected chi connectivity index (χ3v) is 3.38. The summed E-state index contributed by atoms with van der Waals surface area (Å²) >= 11 is 5.83. The van der Waals surface area contributed by atoms with E-state index in [0.29, 0.717) is 17.0 Å². The van der Waals surface area contributed by atoms with E-state index in [1.807, 2.05) is 19.1 Å². The van der Waals surface area contributed by atoms with E-state index in [9.17, 15) is 9.50 Å². The van der Waals surface area contributed by atoms with Crippen molar-refractivity contribution in [3.05, 3.63) is 70.0 Å². The number of aryl methyl sites for hydroxylation is 1. The van der Waals surface area contributed by atoms with Crippen LogP contribution >= 0.6 is 11.6 Å². The van der Waals surface area contributed by atoms with Crippen molar-refractivity contribution in [2.24, 2.45) is 0 Å². The van der Waals surface area contributed by atoms with Crippen molar-refractivity contribution in [2.75, 3.05) is 0 Å². The predicted octanol–water partition coefficient (Wildman–Crippen LogP) is 4.24. The molecule has 1 nitrogen and oxygen atoms in total. The molecule has 1 atom stereocenters. The van der Waals surface area contributed by atoms with E-state index in [0.717, 1.165) is 11.1 Å². The molecular weight excluding hydrogens is 263 g/mol. The minimum absolute atomic E-state index is 0.327. The molecule has 0 aliphatic carbocycles. The largest absolute Gasteiger partial charge is 0.385 e. The minimum Gasteiger partial charge on any atom is -0.385 e. The number of rotatable bonds is 3. The molecule has 19 heavy (non-hydrogen) atoms.